The molecule has 7 nitrogen and oxygen atoms in total. The van der Waals surface area contributed by atoms with Crippen LogP contribution in [0.2, 0.25) is 0 Å². The molecule has 1 unspecified atom stereocenters. The summed E-state index contributed by atoms with van der Waals surface area (Å²) in [5, 5.41) is 1.49. The molecular weight excluding hydrogens is 324 g/mol. The van der Waals surface area contributed by atoms with Crippen LogP contribution >= 0.6 is 0 Å². The fraction of sp³-hybridized carbons (Fsp3) is 0.889. The fourth-order valence-corrected chi connectivity index (χ4v) is 5.04. The number of hydroxylamine groups is 2. The van der Waals surface area contributed by atoms with Crippen LogP contribution in [0.25, 0.3) is 0 Å². The van der Waals surface area contributed by atoms with Crippen LogP contribution in [0.15, 0.2) is 0 Å². The Labute approximate surface area is 147 Å². The number of nitrogens with zero attached hydrogens (tertiary/aromatic N) is 2. The lowest BCUT2D eigenvalue weighted by molar-refractivity contribution is -0.206. The van der Waals surface area contributed by atoms with Gasteiger partial charge in [-0.05, 0) is 43.4 Å². The minimum atomic E-state index is -0.406. The fourth-order valence-electron chi connectivity index (χ4n) is 5.04. The van der Waals surface area contributed by atoms with Crippen molar-refractivity contribution >= 4 is 11.8 Å². The quantitative estimate of drug-likeness (QED) is 0.723. The van der Waals surface area contributed by atoms with Crippen molar-refractivity contribution in [2.24, 2.45) is 23.7 Å². The topological polar surface area (TPSA) is 68.3 Å². The Morgan fingerprint density at radius 1 is 1.00 bits per heavy atom. The van der Waals surface area contributed by atoms with Crippen molar-refractivity contribution in [2.75, 3.05) is 39.5 Å². The Morgan fingerprint density at radius 3 is 2.60 bits per heavy atom. The third-order valence-corrected chi connectivity index (χ3v) is 6.62. The number of carbonyl (C=O) groups is 2. The van der Waals surface area contributed by atoms with E-state index in [0.29, 0.717) is 37.5 Å². The average molecular weight is 350 g/mol. The first-order chi connectivity index (χ1) is 12.2. The van der Waals surface area contributed by atoms with Crippen molar-refractivity contribution < 1.29 is 23.9 Å². The molecule has 4 aliphatic heterocycles. The Hall–Kier alpha value is -1.18. The van der Waals surface area contributed by atoms with Gasteiger partial charge in [0.15, 0.2) is 0 Å². The largest absolute Gasteiger partial charge is 0.381 e. The number of hydrogen-bond donors (Lipinski definition) is 0. The van der Waals surface area contributed by atoms with Crippen molar-refractivity contribution in [3.05, 3.63) is 0 Å². The second-order valence-electron chi connectivity index (χ2n) is 8.10. The maximum absolute atomic E-state index is 12.7. The van der Waals surface area contributed by atoms with Gasteiger partial charge in [-0.25, -0.2) is 5.06 Å². The predicted molar refractivity (Wildman–Crippen MR) is 86.2 cm³/mol. The lowest BCUT2D eigenvalue weighted by atomic mass is 9.91. The molecule has 0 spiro atoms. The molecule has 4 heterocycles. The second-order valence-corrected chi connectivity index (χ2v) is 8.10. The zero-order valence-corrected chi connectivity index (χ0v) is 14.5. The van der Waals surface area contributed by atoms with Gasteiger partial charge in [-0.15, -0.1) is 0 Å². The zero-order chi connectivity index (χ0) is 17.0. The van der Waals surface area contributed by atoms with Crippen molar-refractivity contribution in [3.63, 3.8) is 0 Å². The van der Waals surface area contributed by atoms with E-state index in [9.17, 15) is 9.59 Å². The van der Waals surface area contributed by atoms with Crippen molar-refractivity contribution in [1.82, 2.24) is 9.96 Å². The van der Waals surface area contributed by atoms with Gasteiger partial charge in [0.05, 0.1) is 25.9 Å². The van der Waals surface area contributed by atoms with E-state index in [1.165, 1.54) is 5.06 Å². The first-order valence-electron chi connectivity index (χ1n) is 9.68. The number of fused-ring (bicyclic) bond motifs is 2. The molecule has 0 radical (unpaired) electrons. The number of hydrogen-bond acceptors (Lipinski definition) is 5. The Balaban J connectivity index is 1.18. The van der Waals surface area contributed by atoms with Crippen LogP contribution in [0, 0.1) is 23.7 Å². The summed E-state index contributed by atoms with van der Waals surface area (Å²) in [4.78, 5) is 32.8. The summed E-state index contributed by atoms with van der Waals surface area (Å²) in [6.45, 7) is 4.17. The van der Waals surface area contributed by atoms with Gasteiger partial charge in [-0.3, -0.25) is 14.4 Å². The van der Waals surface area contributed by atoms with Crippen LogP contribution in [0.5, 0.6) is 0 Å². The Morgan fingerprint density at radius 2 is 1.84 bits per heavy atom. The van der Waals surface area contributed by atoms with Crippen LogP contribution in [-0.2, 0) is 23.9 Å². The lowest BCUT2D eigenvalue weighted by Gasteiger charge is -2.34. The monoisotopic (exact) mass is 350 g/mol. The molecule has 0 bridgehead atoms. The van der Waals surface area contributed by atoms with Gasteiger partial charge in [0.1, 0.15) is 6.10 Å². The summed E-state index contributed by atoms with van der Waals surface area (Å²) in [5.74, 6) is 1.67. The van der Waals surface area contributed by atoms with Crippen molar-refractivity contribution in [2.45, 2.75) is 37.9 Å². The van der Waals surface area contributed by atoms with E-state index in [1.54, 1.807) is 0 Å². The van der Waals surface area contributed by atoms with E-state index in [2.05, 4.69) is 0 Å². The molecule has 1 aliphatic carbocycles. The smallest absolute Gasteiger partial charge is 0.275 e. The van der Waals surface area contributed by atoms with Gasteiger partial charge in [0.25, 0.3) is 5.91 Å². The number of rotatable bonds is 2. The summed E-state index contributed by atoms with van der Waals surface area (Å²) in [6.07, 6.45) is 3.27. The number of carbonyl (C=O) groups excluding carboxylic acids is 2. The molecule has 25 heavy (non-hydrogen) atoms. The van der Waals surface area contributed by atoms with Gasteiger partial charge in [0.2, 0.25) is 5.91 Å². The molecular formula is C18H26N2O5. The molecule has 0 aromatic heterocycles. The molecule has 0 aromatic rings. The van der Waals surface area contributed by atoms with E-state index >= 15 is 0 Å². The number of likely N-dealkylation sites (tertiary alicyclic amines) is 1. The summed E-state index contributed by atoms with van der Waals surface area (Å²) in [7, 11) is 0. The predicted octanol–water partition coefficient (Wildman–Crippen LogP) is 0.439. The molecule has 138 valence electrons. The van der Waals surface area contributed by atoms with Crippen molar-refractivity contribution in [3.8, 4) is 0 Å². The summed E-state index contributed by atoms with van der Waals surface area (Å²) >= 11 is 0. The van der Waals surface area contributed by atoms with Gasteiger partial charge < -0.3 is 14.4 Å². The van der Waals surface area contributed by atoms with E-state index in [-0.39, 0.29) is 23.8 Å². The first-order valence-corrected chi connectivity index (χ1v) is 9.68. The number of piperidine rings is 1. The van der Waals surface area contributed by atoms with Crippen LogP contribution in [0.3, 0.4) is 0 Å². The van der Waals surface area contributed by atoms with Gasteiger partial charge in [-0.1, -0.05) is 0 Å². The van der Waals surface area contributed by atoms with Gasteiger partial charge >= 0.3 is 0 Å². The van der Waals surface area contributed by atoms with Crippen molar-refractivity contribution in [1.29, 1.82) is 0 Å². The van der Waals surface area contributed by atoms with Crippen LogP contribution in [0.4, 0.5) is 0 Å². The maximum atomic E-state index is 12.7. The highest BCUT2D eigenvalue weighted by Crippen LogP contribution is 2.52. The lowest BCUT2D eigenvalue weighted by Crippen LogP contribution is -2.47. The van der Waals surface area contributed by atoms with E-state index in [1.807, 2.05) is 4.90 Å². The minimum Gasteiger partial charge on any atom is -0.381 e. The average Bonchev–Trinajstić information content (AvgIpc) is 3.02. The van der Waals surface area contributed by atoms with Crippen LogP contribution in [-0.4, -0.2) is 73.4 Å². The van der Waals surface area contributed by atoms with Crippen LogP contribution in [0.1, 0.15) is 25.7 Å². The van der Waals surface area contributed by atoms with E-state index in [0.717, 1.165) is 45.4 Å². The molecule has 0 aromatic carbocycles. The number of amides is 2. The first kappa shape index (κ1) is 16.0. The summed E-state index contributed by atoms with van der Waals surface area (Å²) in [5.41, 5.74) is 0. The molecule has 6 atom stereocenters. The normalized spacial score (nSPS) is 42.9. The molecule has 5 rings (SSSR count). The number of ether oxygens (including phenoxy) is 2. The standard InChI is InChI=1S/C18H26N2O5/c21-17(20-4-1-2-6-24-20)14-7-11-3-5-19(8-15(11)25-14)18(22)16-12-9-23-10-13(12)16/h11-16H,1-10H2/t11-,12-,13+,14-,15+,16?/m0/s1. The molecule has 7 heteroatoms. The van der Waals surface area contributed by atoms with Gasteiger partial charge in [0, 0.05) is 25.6 Å². The zero-order valence-electron chi connectivity index (χ0n) is 14.5. The highest BCUT2D eigenvalue weighted by molar-refractivity contribution is 5.83. The highest BCUT2D eigenvalue weighted by atomic mass is 16.7. The highest BCUT2D eigenvalue weighted by Gasteiger charge is 2.59. The Kier molecular flexibility index (Phi) is 3.98. The van der Waals surface area contributed by atoms with E-state index in [4.69, 9.17) is 14.3 Å². The van der Waals surface area contributed by atoms with Crippen LogP contribution < -0.4 is 0 Å². The minimum absolute atomic E-state index is 0.00807. The third-order valence-electron chi connectivity index (χ3n) is 6.62. The molecule has 4 saturated heterocycles. The maximum Gasteiger partial charge on any atom is 0.275 e. The van der Waals surface area contributed by atoms with Gasteiger partial charge in [-0.2, -0.15) is 0 Å². The third kappa shape index (κ3) is 2.76. The molecule has 1 saturated carbocycles. The molecule has 5 fully saturated rings. The molecule has 5 aliphatic rings. The second kappa shape index (κ2) is 6.21. The molecule has 2 amide bonds. The summed E-state index contributed by atoms with van der Waals surface area (Å²) < 4.78 is 11.5. The summed E-state index contributed by atoms with van der Waals surface area (Å²) in [6, 6.07) is 0. The Bertz CT molecular complexity index is 542. The SMILES string of the molecule is O=C(C1[C@H]2COC[C@@H]12)N1CC[C@H]2C[C@@H](C(=O)N3CCCCO3)O[C@@H]2C1. The molecule has 0 N–H and O–H groups in total. The van der Waals surface area contributed by atoms with E-state index < -0.39 is 6.10 Å².